The van der Waals surface area contributed by atoms with Gasteiger partial charge in [0.05, 0.1) is 13.2 Å². The number of benzene rings is 1. The van der Waals surface area contributed by atoms with E-state index in [0.717, 1.165) is 6.20 Å². The molecular weight excluding hydrogens is 313 g/mol. The van der Waals surface area contributed by atoms with E-state index in [1.807, 2.05) is 0 Å². The van der Waals surface area contributed by atoms with Crippen LogP contribution < -0.4 is 4.74 Å². The molecule has 2 heterocycles. The summed E-state index contributed by atoms with van der Waals surface area (Å²) in [5.74, 6) is 0.768. The summed E-state index contributed by atoms with van der Waals surface area (Å²) >= 11 is 0. The molecule has 1 aliphatic heterocycles. The van der Waals surface area contributed by atoms with Crippen LogP contribution in [0, 0.1) is 0 Å². The lowest BCUT2D eigenvalue weighted by Gasteiger charge is -2.07. The van der Waals surface area contributed by atoms with Gasteiger partial charge in [-0.1, -0.05) is 0 Å². The minimum absolute atomic E-state index is 0.0374. The van der Waals surface area contributed by atoms with Crippen molar-refractivity contribution >= 4 is 0 Å². The second-order valence-electron chi connectivity index (χ2n) is 5.16. The Morgan fingerprint density at radius 2 is 2.00 bits per heavy atom. The van der Waals surface area contributed by atoms with E-state index in [1.54, 1.807) is 24.3 Å². The van der Waals surface area contributed by atoms with Crippen molar-refractivity contribution in [1.29, 1.82) is 0 Å². The Hall–Kier alpha value is -2.06. The number of ether oxygens (including phenoxy) is 2. The summed E-state index contributed by atoms with van der Waals surface area (Å²) in [5, 5.41) is 9.01. The average Bonchev–Trinajstić information content (AvgIpc) is 3.24. The van der Waals surface area contributed by atoms with E-state index < -0.39 is 11.9 Å². The van der Waals surface area contributed by atoms with Gasteiger partial charge in [-0.25, -0.2) is 4.98 Å². The third-order valence-corrected chi connectivity index (χ3v) is 3.36. The van der Waals surface area contributed by atoms with Crippen molar-refractivity contribution in [1.82, 2.24) is 9.55 Å². The molecule has 2 aromatic rings. The summed E-state index contributed by atoms with van der Waals surface area (Å²) in [5.41, 5.74) is -0.462. The largest absolute Gasteiger partial charge is 0.491 e. The van der Waals surface area contributed by atoms with E-state index in [0.29, 0.717) is 24.5 Å². The highest BCUT2D eigenvalue weighted by molar-refractivity contribution is 5.57. The van der Waals surface area contributed by atoms with Crippen LogP contribution in [0.5, 0.6) is 5.75 Å². The Bertz CT molecular complexity index is 664. The van der Waals surface area contributed by atoms with Crippen LogP contribution in [-0.2, 0) is 17.5 Å². The molecule has 8 heteroatoms. The number of aliphatic hydroxyl groups excluding tert-OH is 1. The third-order valence-electron chi connectivity index (χ3n) is 3.36. The number of halogens is 3. The fourth-order valence-electron chi connectivity index (χ4n) is 2.11. The molecule has 0 aliphatic carbocycles. The van der Waals surface area contributed by atoms with Gasteiger partial charge >= 0.3 is 6.18 Å². The first-order chi connectivity index (χ1) is 11.0. The smallest absolute Gasteiger partial charge is 0.434 e. The fraction of sp³-hybridized carbons (Fsp3) is 0.400. The van der Waals surface area contributed by atoms with Gasteiger partial charge in [0.1, 0.15) is 24.3 Å². The zero-order valence-electron chi connectivity index (χ0n) is 12.1. The van der Waals surface area contributed by atoms with Gasteiger partial charge in [0, 0.05) is 18.3 Å². The molecule has 124 valence electrons. The predicted molar refractivity (Wildman–Crippen MR) is 75.0 cm³/mol. The first kappa shape index (κ1) is 15.8. The molecule has 0 saturated carbocycles. The van der Waals surface area contributed by atoms with Crippen LogP contribution in [0.25, 0.3) is 11.4 Å². The molecule has 1 aromatic heterocycles. The molecule has 3 rings (SSSR count). The van der Waals surface area contributed by atoms with Gasteiger partial charge in [0.2, 0.25) is 0 Å². The Morgan fingerprint density at radius 1 is 1.30 bits per heavy atom. The fourth-order valence-corrected chi connectivity index (χ4v) is 2.11. The lowest BCUT2D eigenvalue weighted by atomic mass is 10.2. The van der Waals surface area contributed by atoms with E-state index in [-0.39, 0.29) is 25.1 Å². The van der Waals surface area contributed by atoms with Crippen molar-refractivity contribution in [2.75, 3.05) is 19.8 Å². The minimum Gasteiger partial charge on any atom is -0.491 e. The van der Waals surface area contributed by atoms with Crippen LogP contribution in [0.1, 0.15) is 5.69 Å². The molecule has 1 atom stereocenters. The number of epoxide rings is 1. The molecule has 1 saturated heterocycles. The Balaban J connectivity index is 1.82. The van der Waals surface area contributed by atoms with Crippen molar-refractivity contribution < 1.29 is 27.8 Å². The monoisotopic (exact) mass is 328 g/mol. The number of aliphatic hydroxyl groups is 1. The number of hydrogen-bond donors (Lipinski definition) is 1. The Kier molecular flexibility index (Phi) is 4.27. The number of imidazole rings is 1. The van der Waals surface area contributed by atoms with E-state index in [2.05, 4.69) is 4.98 Å². The van der Waals surface area contributed by atoms with Crippen LogP contribution in [0.15, 0.2) is 30.5 Å². The van der Waals surface area contributed by atoms with Crippen molar-refractivity contribution in [2.45, 2.75) is 18.8 Å². The first-order valence-electron chi connectivity index (χ1n) is 7.07. The number of rotatable bonds is 6. The summed E-state index contributed by atoms with van der Waals surface area (Å²) in [6.07, 6.45) is -3.49. The van der Waals surface area contributed by atoms with Gasteiger partial charge < -0.3 is 19.1 Å². The topological polar surface area (TPSA) is 59.8 Å². The third kappa shape index (κ3) is 3.83. The maximum Gasteiger partial charge on any atom is 0.434 e. The number of aromatic nitrogens is 2. The molecule has 1 N–H and O–H groups in total. The molecular formula is C15H15F3N2O3. The van der Waals surface area contributed by atoms with Gasteiger partial charge in [0.25, 0.3) is 0 Å². The molecule has 0 bridgehead atoms. The highest BCUT2D eigenvalue weighted by Crippen LogP contribution is 2.31. The molecule has 1 fully saturated rings. The highest BCUT2D eigenvalue weighted by Gasteiger charge is 2.34. The lowest BCUT2D eigenvalue weighted by molar-refractivity contribution is -0.140. The highest BCUT2D eigenvalue weighted by atomic mass is 19.4. The van der Waals surface area contributed by atoms with Gasteiger partial charge in [-0.2, -0.15) is 13.2 Å². The summed E-state index contributed by atoms with van der Waals surface area (Å²) < 4.78 is 50.2. The molecule has 23 heavy (non-hydrogen) atoms. The van der Waals surface area contributed by atoms with Crippen molar-refractivity contribution in [3.63, 3.8) is 0 Å². The maximum absolute atomic E-state index is 12.8. The molecule has 0 spiro atoms. The quantitative estimate of drug-likeness (QED) is 0.827. The number of alkyl halides is 3. The summed E-state index contributed by atoms with van der Waals surface area (Å²) in [6, 6.07) is 6.62. The molecule has 1 aromatic carbocycles. The van der Waals surface area contributed by atoms with Crippen LogP contribution >= 0.6 is 0 Å². The number of hydrogen-bond acceptors (Lipinski definition) is 4. The molecule has 1 aliphatic rings. The molecule has 1 unspecified atom stereocenters. The van der Waals surface area contributed by atoms with E-state index in [1.165, 1.54) is 4.57 Å². The van der Waals surface area contributed by atoms with E-state index in [9.17, 15) is 13.2 Å². The van der Waals surface area contributed by atoms with Crippen molar-refractivity contribution in [2.24, 2.45) is 0 Å². The molecule has 0 radical (unpaired) electrons. The van der Waals surface area contributed by atoms with Crippen LogP contribution in [0.3, 0.4) is 0 Å². The van der Waals surface area contributed by atoms with Gasteiger partial charge in [0.15, 0.2) is 5.69 Å². The second-order valence-corrected chi connectivity index (χ2v) is 5.16. The minimum atomic E-state index is -4.53. The number of nitrogens with zero attached hydrogens (tertiary/aromatic N) is 2. The van der Waals surface area contributed by atoms with Gasteiger partial charge in [-0.15, -0.1) is 0 Å². The summed E-state index contributed by atoms with van der Waals surface area (Å²) in [6.45, 7) is 0.909. The van der Waals surface area contributed by atoms with Crippen LogP contribution in [0.4, 0.5) is 13.2 Å². The van der Waals surface area contributed by atoms with Gasteiger partial charge in [-0.3, -0.25) is 0 Å². The lowest BCUT2D eigenvalue weighted by Crippen LogP contribution is -2.05. The normalized spacial score (nSPS) is 17.3. The zero-order chi connectivity index (χ0) is 16.4. The Labute approximate surface area is 130 Å². The van der Waals surface area contributed by atoms with Crippen LogP contribution in [-0.4, -0.2) is 40.6 Å². The summed E-state index contributed by atoms with van der Waals surface area (Å²) in [4.78, 5) is 3.65. The van der Waals surface area contributed by atoms with Crippen molar-refractivity contribution in [3.05, 3.63) is 36.2 Å². The Morgan fingerprint density at radius 3 is 2.57 bits per heavy atom. The van der Waals surface area contributed by atoms with E-state index in [4.69, 9.17) is 14.6 Å². The SMILES string of the molecule is OCCn1cc(C(F)(F)F)nc1-c1ccc(OCC2CO2)cc1. The standard InChI is InChI=1S/C15H15F3N2O3/c16-15(17,18)13-7-20(5-6-21)14(19-13)10-1-3-11(4-2-10)22-8-12-9-23-12/h1-4,7,12,21H,5-6,8-9H2. The van der Waals surface area contributed by atoms with E-state index >= 15 is 0 Å². The predicted octanol–water partition coefficient (Wildman–Crippen LogP) is 2.34. The second kappa shape index (κ2) is 6.21. The summed E-state index contributed by atoms with van der Waals surface area (Å²) in [7, 11) is 0. The zero-order valence-corrected chi connectivity index (χ0v) is 12.1. The average molecular weight is 328 g/mol. The van der Waals surface area contributed by atoms with Crippen molar-refractivity contribution in [3.8, 4) is 17.1 Å². The molecule has 0 amide bonds. The van der Waals surface area contributed by atoms with Gasteiger partial charge in [-0.05, 0) is 24.3 Å². The first-order valence-corrected chi connectivity index (χ1v) is 7.07. The van der Waals surface area contributed by atoms with Crippen LogP contribution in [0.2, 0.25) is 0 Å². The maximum atomic E-state index is 12.8. The molecule has 5 nitrogen and oxygen atoms in total.